The van der Waals surface area contributed by atoms with Gasteiger partial charge in [-0.15, -0.1) is 0 Å². The van der Waals surface area contributed by atoms with Crippen molar-refractivity contribution in [2.24, 2.45) is 4.99 Å². The molecule has 3 rings (SSSR count). The fourth-order valence-corrected chi connectivity index (χ4v) is 2.88. The molecule has 124 valence electrons. The predicted molar refractivity (Wildman–Crippen MR) is 92.6 cm³/mol. The van der Waals surface area contributed by atoms with Gasteiger partial charge in [0.05, 0.1) is 5.69 Å². The number of likely N-dealkylation sites (tertiary alicyclic amines) is 1. The van der Waals surface area contributed by atoms with Crippen molar-refractivity contribution in [2.45, 2.75) is 58.0 Å². The normalized spacial score (nSPS) is 18.7. The number of nitrogens with zero attached hydrogens (tertiary/aromatic N) is 2. The number of carbonyl (C=O) groups is 1. The summed E-state index contributed by atoms with van der Waals surface area (Å²) >= 11 is 0. The van der Waals surface area contributed by atoms with Crippen molar-refractivity contribution in [1.82, 2.24) is 4.90 Å². The second kappa shape index (κ2) is 6.34. The Kier molecular flexibility index (Phi) is 4.42. The fourth-order valence-electron chi connectivity index (χ4n) is 2.88. The summed E-state index contributed by atoms with van der Waals surface area (Å²) in [4.78, 5) is 18.8. The lowest BCUT2D eigenvalue weighted by molar-refractivity contribution is 0.0249. The lowest BCUT2D eigenvalue weighted by Crippen LogP contribution is -2.41. The molecule has 1 aromatic carbocycles. The average Bonchev–Trinajstić information content (AvgIpc) is 3.31. The van der Waals surface area contributed by atoms with Gasteiger partial charge < -0.3 is 9.64 Å². The van der Waals surface area contributed by atoms with Gasteiger partial charge in [-0.3, -0.25) is 4.99 Å². The number of piperidine rings is 1. The number of para-hydroxylation sites is 1. The molecule has 1 amide bonds. The Balaban J connectivity index is 1.62. The number of benzene rings is 1. The highest BCUT2D eigenvalue weighted by Crippen LogP contribution is 2.44. The lowest BCUT2D eigenvalue weighted by Gasteiger charge is -2.30. The van der Waals surface area contributed by atoms with Gasteiger partial charge in [-0.2, -0.15) is 0 Å². The van der Waals surface area contributed by atoms with Gasteiger partial charge >= 0.3 is 6.09 Å². The lowest BCUT2D eigenvalue weighted by atomic mass is 10.1. The van der Waals surface area contributed by atoms with Gasteiger partial charge in [0.1, 0.15) is 5.60 Å². The number of amides is 1. The maximum atomic E-state index is 12.1. The summed E-state index contributed by atoms with van der Waals surface area (Å²) in [6, 6.07) is 8.47. The highest BCUT2D eigenvalue weighted by Gasteiger charge is 2.27. The SMILES string of the molecule is CC(C)(C)OC(=O)N1CCC(=Nc2ccccc2C2CC2)CC1. The molecule has 0 bridgehead atoms. The maximum absolute atomic E-state index is 12.1. The van der Waals surface area contributed by atoms with E-state index in [0.29, 0.717) is 19.0 Å². The number of rotatable bonds is 2. The van der Waals surface area contributed by atoms with E-state index in [1.807, 2.05) is 20.8 Å². The zero-order valence-corrected chi connectivity index (χ0v) is 14.3. The van der Waals surface area contributed by atoms with Crippen LogP contribution in [-0.4, -0.2) is 35.4 Å². The molecule has 1 aromatic rings. The van der Waals surface area contributed by atoms with E-state index in [0.717, 1.165) is 18.5 Å². The van der Waals surface area contributed by atoms with Crippen LogP contribution in [0.1, 0.15) is 57.9 Å². The first kappa shape index (κ1) is 16.0. The summed E-state index contributed by atoms with van der Waals surface area (Å²) in [5.41, 5.74) is 3.26. The fraction of sp³-hybridized carbons (Fsp3) is 0.579. The van der Waals surface area contributed by atoms with Crippen molar-refractivity contribution in [2.75, 3.05) is 13.1 Å². The van der Waals surface area contributed by atoms with Crippen LogP contribution in [-0.2, 0) is 4.74 Å². The number of aliphatic imine (C=N–C) groups is 1. The van der Waals surface area contributed by atoms with E-state index in [-0.39, 0.29) is 6.09 Å². The number of carbonyl (C=O) groups excluding carboxylic acids is 1. The Bertz CT molecular complexity index is 602. The highest BCUT2D eigenvalue weighted by atomic mass is 16.6. The Labute approximate surface area is 138 Å². The molecule has 1 saturated heterocycles. The van der Waals surface area contributed by atoms with Crippen LogP contribution in [0.5, 0.6) is 0 Å². The van der Waals surface area contributed by atoms with Gasteiger partial charge in [0.2, 0.25) is 0 Å². The van der Waals surface area contributed by atoms with Crippen LogP contribution in [0.4, 0.5) is 10.5 Å². The van der Waals surface area contributed by atoms with Gasteiger partial charge in [0, 0.05) is 31.6 Å². The summed E-state index contributed by atoms with van der Waals surface area (Å²) in [7, 11) is 0. The van der Waals surface area contributed by atoms with E-state index in [4.69, 9.17) is 9.73 Å². The summed E-state index contributed by atoms with van der Waals surface area (Å²) in [5.74, 6) is 0.706. The third-order valence-electron chi connectivity index (χ3n) is 4.22. The molecule has 0 atom stereocenters. The first-order valence-corrected chi connectivity index (χ1v) is 8.56. The van der Waals surface area contributed by atoms with Crippen molar-refractivity contribution in [3.63, 3.8) is 0 Å². The van der Waals surface area contributed by atoms with Crippen LogP contribution < -0.4 is 0 Å². The molecule has 0 N–H and O–H groups in total. The van der Waals surface area contributed by atoms with Crippen LogP contribution in [0.3, 0.4) is 0 Å². The minimum atomic E-state index is -0.436. The molecule has 0 unspecified atom stereocenters. The largest absolute Gasteiger partial charge is 0.444 e. The third kappa shape index (κ3) is 4.34. The number of hydrogen-bond donors (Lipinski definition) is 0. The van der Waals surface area contributed by atoms with Crippen molar-refractivity contribution in [3.05, 3.63) is 29.8 Å². The minimum Gasteiger partial charge on any atom is -0.444 e. The molecular weight excluding hydrogens is 288 g/mol. The van der Waals surface area contributed by atoms with Crippen LogP contribution >= 0.6 is 0 Å². The van der Waals surface area contributed by atoms with Crippen molar-refractivity contribution < 1.29 is 9.53 Å². The highest BCUT2D eigenvalue weighted by molar-refractivity contribution is 5.89. The van der Waals surface area contributed by atoms with E-state index in [9.17, 15) is 4.79 Å². The Hall–Kier alpha value is -1.84. The molecule has 1 aliphatic heterocycles. The second-order valence-corrected chi connectivity index (χ2v) is 7.48. The monoisotopic (exact) mass is 314 g/mol. The molecule has 2 aliphatic rings. The molecular formula is C19H26N2O2. The third-order valence-corrected chi connectivity index (χ3v) is 4.22. The molecule has 4 nitrogen and oxygen atoms in total. The summed E-state index contributed by atoms with van der Waals surface area (Å²) in [5, 5.41) is 0. The molecule has 4 heteroatoms. The second-order valence-electron chi connectivity index (χ2n) is 7.48. The van der Waals surface area contributed by atoms with Gasteiger partial charge in [-0.05, 0) is 51.2 Å². The van der Waals surface area contributed by atoms with Crippen molar-refractivity contribution in [1.29, 1.82) is 0 Å². The number of ether oxygens (including phenoxy) is 1. The standard InChI is InChI=1S/C19H26N2O2/c1-19(2,3)23-18(22)21-12-10-15(11-13-21)20-17-7-5-4-6-16(17)14-8-9-14/h4-7,14H,8-13H2,1-3H3. The molecule has 0 radical (unpaired) electrons. The van der Waals surface area contributed by atoms with Gasteiger partial charge in [0.15, 0.2) is 0 Å². The topological polar surface area (TPSA) is 41.9 Å². The van der Waals surface area contributed by atoms with Gasteiger partial charge in [0.25, 0.3) is 0 Å². The Morgan fingerprint density at radius 3 is 2.43 bits per heavy atom. The van der Waals surface area contributed by atoms with E-state index < -0.39 is 5.60 Å². The predicted octanol–water partition coefficient (Wildman–Crippen LogP) is 4.67. The van der Waals surface area contributed by atoms with Crippen molar-refractivity contribution >= 4 is 17.5 Å². The Morgan fingerprint density at radius 2 is 1.83 bits per heavy atom. The molecule has 1 heterocycles. The molecule has 23 heavy (non-hydrogen) atoms. The van der Waals surface area contributed by atoms with E-state index in [2.05, 4.69) is 24.3 Å². The van der Waals surface area contributed by atoms with Crippen LogP contribution in [0.15, 0.2) is 29.3 Å². The smallest absolute Gasteiger partial charge is 0.410 e. The zero-order valence-electron chi connectivity index (χ0n) is 14.3. The quantitative estimate of drug-likeness (QED) is 0.796. The van der Waals surface area contributed by atoms with Crippen LogP contribution in [0.25, 0.3) is 0 Å². The van der Waals surface area contributed by atoms with Gasteiger partial charge in [-0.1, -0.05) is 18.2 Å². The summed E-state index contributed by atoms with van der Waals surface area (Å²) in [6.45, 7) is 7.09. The van der Waals surface area contributed by atoms with Gasteiger partial charge in [-0.25, -0.2) is 4.79 Å². The van der Waals surface area contributed by atoms with E-state index >= 15 is 0 Å². The molecule has 0 aromatic heterocycles. The maximum Gasteiger partial charge on any atom is 0.410 e. The molecule has 1 saturated carbocycles. The Morgan fingerprint density at radius 1 is 1.17 bits per heavy atom. The number of hydrogen-bond acceptors (Lipinski definition) is 3. The summed E-state index contributed by atoms with van der Waals surface area (Å²) < 4.78 is 5.44. The van der Waals surface area contributed by atoms with E-state index in [1.54, 1.807) is 4.90 Å². The van der Waals surface area contributed by atoms with Crippen molar-refractivity contribution in [3.8, 4) is 0 Å². The molecule has 0 spiro atoms. The molecule has 2 fully saturated rings. The summed E-state index contributed by atoms with van der Waals surface area (Å²) in [6.07, 6.45) is 4.02. The average molecular weight is 314 g/mol. The first-order chi connectivity index (χ1) is 10.9. The van der Waals surface area contributed by atoms with Crippen LogP contribution in [0.2, 0.25) is 0 Å². The van der Waals surface area contributed by atoms with E-state index in [1.165, 1.54) is 24.1 Å². The minimum absolute atomic E-state index is 0.213. The van der Waals surface area contributed by atoms with Crippen LogP contribution in [0, 0.1) is 0 Å². The molecule has 1 aliphatic carbocycles. The zero-order chi connectivity index (χ0) is 16.4. The first-order valence-electron chi connectivity index (χ1n) is 8.56.